The summed E-state index contributed by atoms with van der Waals surface area (Å²) in [5, 5.41) is 4.59. The molecule has 1 atom stereocenters. The van der Waals surface area contributed by atoms with Crippen molar-refractivity contribution in [3.63, 3.8) is 0 Å². The van der Waals surface area contributed by atoms with Crippen LogP contribution in [0.5, 0.6) is 0 Å². The highest BCUT2D eigenvalue weighted by Crippen LogP contribution is 2.15. The molecule has 2 nitrogen and oxygen atoms in total. The Kier molecular flexibility index (Phi) is 3.67. The fraction of sp³-hybridized carbons (Fsp3) is 0.308. The quantitative estimate of drug-likeness (QED) is 0.874. The van der Waals surface area contributed by atoms with Crippen molar-refractivity contribution < 1.29 is 0 Å². The van der Waals surface area contributed by atoms with Crippen molar-refractivity contribution in [2.24, 2.45) is 0 Å². The minimum Gasteiger partial charge on any atom is -0.367 e. The van der Waals surface area contributed by atoms with Gasteiger partial charge in [-0.05, 0) is 31.4 Å². The highest BCUT2D eigenvalue weighted by Gasteiger charge is 2.02. The summed E-state index contributed by atoms with van der Waals surface area (Å²) in [7, 11) is 0. The molecular formula is C13H16N2S. The highest BCUT2D eigenvalue weighted by molar-refractivity contribution is 7.98. The van der Waals surface area contributed by atoms with Crippen molar-refractivity contribution in [3.8, 4) is 0 Å². The van der Waals surface area contributed by atoms with Crippen molar-refractivity contribution in [2.45, 2.75) is 13.0 Å². The number of para-hydroxylation sites is 1. The molecule has 0 aliphatic heterocycles. The molecule has 84 valence electrons. The van der Waals surface area contributed by atoms with Crippen LogP contribution in [0.4, 0.5) is 5.82 Å². The van der Waals surface area contributed by atoms with Gasteiger partial charge in [0.05, 0.1) is 5.52 Å². The molecule has 1 aromatic carbocycles. The third kappa shape index (κ3) is 2.67. The minimum atomic E-state index is 0.448. The Labute approximate surface area is 100 Å². The van der Waals surface area contributed by atoms with Crippen LogP contribution in [-0.2, 0) is 0 Å². The predicted molar refractivity (Wildman–Crippen MR) is 73.2 cm³/mol. The van der Waals surface area contributed by atoms with E-state index >= 15 is 0 Å². The standard InChI is InChI=1S/C13H16N2S/c1-10(9-16-2)14-13-8-7-11-5-3-4-6-12(11)15-13/h3-8,10H,9H2,1-2H3,(H,14,15). The lowest BCUT2D eigenvalue weighted by atomic mass is 10.2. The number of pyridine rings is 1. The summed E-state index contributed by atoms with van der Waals surface area (Å²) < 4.78 is 0. The Hall–Kier alpha value is -1.22. The molecule has 0 saturated carbocycles. The van der Waals surface area contributed by atoms with Gasteiger partial charge < -0.3 is 5.32 Å². The number of rotatable bonds is 4. The SMILES string of the molecule is CSCC(C)Nc1ccc2ccccc2n1. The summed E-state index contributed by atoms with van der Waals surface area (Å²) >= 11 is 1.84. The lowest BCUT2D eigenvalue weighted by Gasteiger charge is -2.13. The molecule has 0 saturated heterocycles. The summed E-state index contributed by atoms with van der Waals surface area (Å²) in [5.74, 6) is 2.05. The summed E-state index contributed by atoms with van der Waals surface area (Å²) in [6, 6.07) is 12.8. The van der Waals surface area contributed by atoms with E-state index in [1.165, 1.54) is 5.39 Å². The number of benzene rings is 1. The third-order valence-electron chi connectivity index (χ3n) is 2.41. The summed E-state index contributed by atoms with van der Waals surface area (Å²) in [6.45, 7) is 2.17. The van der Waals surface area contributed by atoms with E-state index in [0.29, 0.717) is 6.04 Å². The maximum absolute atomic E-state index is 4.58. The molecule has 2 rings (SSSR count). The number of aromatic nitrogens is 1. The van der Waals surface area contributed by atoms with Crippen LogP contribution >= 0.6 is 11.8 Å². The first-order valence-corrected chi connectivity index (χ1v) is 6.80. The van der Waals surface area contributed by atoms with Gasteiger partial charge in [0.1, 0.15) is 5.82 Å². The zero-order valence-electron chi connectivity index (χ0n) is 9.60. The Bertz CT molecular complexity index is 470. The van der Waals surface area contributed by atoms with Crippen molar-refractivity contribution in [2.75, 3.05) is 17.3 Å². The molecule has 0 radical (unpaired) electrons. The predicted octanol–water partition coefficient (Wildman–Crippen LogP) is 3.40. The molecule has 0 fully saturated rings. The maximum atomic E-state index is 4.58. The largest absolute Gasteiger partial charge is 0.367 e. The first kappa shape index (κ1) is 11.3. The van der Waals surface area contributed by atoms with Crippen LogP contribution in [0.1, 0.15) is 6.92 Å². The van der Waals surface area contributed by atoms with Crippen molar-refractivity contribution in [1.29, 1.82) is 0 Å². The minimum absolute atomic E-state index is 0.448. The Morgan fingerprint density at radius 3 is 2.88 bits per heavy atom. The molecule has 3 heteroatoms. The van der Waals surface area contributed by atoms with Crippen LogP contribution in [0, 0.1) is 0 Å². The van der Waals surface area contributed by atoms with E-state index in [9.17, 15) is 0 Å². The second-order valence-corrected chi connectivity index (χ2v) is 4.80. The Morgan fingerprint density at radius 2 is 2.06 bits per heavy atom. The van der Waals surface area contributed by atoms with Gasteiger partial charge in [0, 0.05) is 17.2 Å². The molecule has 1 heterocycles. The normalized spacial score (nSPS) is 12.6. The topological polar surface area (TPSA) is 24.9 Å². The van der Waals surface area contributed by atoms with Crippen molar-refractivity contribution >= 4 is 28.5 Å². The zero-order chi connectivity index (χ0) is 11.4. The second-order valence-electron chi connectivity index (χ2n) is 3.89. The molecule has 1 N–H and O–H groups in total. The van der Waals surface area contributed by atoms with Crippen LogP contribution < -0.4 is 5.32 Å². The van der Waals surface area contributed by atoms with Crippen molar-refractivity contribution in [3.05, 3.63) is 36.4 Å². The number of hydrogen-bond donors (Lipinski definition) is 1. The molecule has 2 aromatic rings. The smallest absolute Gasteiger partial charge is 0.126 e. The molecule has 0 amide bonds. The van der Waals surface area contributed by atoms with Gasteiger partial charge in [-0.1, -0.05) is 18.2 Å². The molecule has 1 unspecified atom stereocenters. The number of nitrogens with zero attached hydrogens (tertiary/aromatic N) is 1. The first-order valence-electron chi connectivity index (χ1n) is 5.41. The van der Waals surface area contributed by atoms with Gasteiger partial charge in [-0.2, -0.15) is 11.8 Å². The zero-order valence-corrected chi connectivity index (χ0v) is 10.4. The molecule has 0 spiro atoms. The highest BCUT2D eigenvalue weighted by atomic mass is 32.2. The van der Waals surface area contributed by atoms with E-state index < -0.39 is 0 Å². The third-order valence-corrected chi connectivity index (χ3v) is 3.24. The average molecular weight is 232 g/mol. The summed E-state index contributed by atoms with van der Waals surface area (Å²) in [5.41, 5.74) is 1.05. The van der Waals surface area contributed by atoms with Gasteiger partial charge in [0.25, 0.3) is 0 Å². The van der Waals surface area contributed by atoms with Crippen LogP contribution in [0.3, 0.4) is 0 Å². The van der Waals surface area contributed by atoms with Gasteiger partial charge in [-0.3, -0.25) is 0 Å². The summed E-state index contributed by atoms with van der Waals surface area (Å²) in [6.07, 6.45) is 2.12. The van der Waals surface area contributed by atoms with Gasteiger partial charge in [0.2, 0.25) is 0 Å². The van der Waals surface area contributed by atoms with Gasteiger partial charge in [0.15, 0.2) is 0 Å². The van der Waals surface area contributed by atoms with E-state index in [4.69, 9.17) is 0 Å². The lowest BCUT2D eigenvalue weighted by molar-refractivity contribution is 0.905. The van der Waals surface area contributed by atoms with Crippen LogP contribution in [0.2, 0.25) is 0 Å². The number of thioether (sulfide) groups is 1. The van der Waals surface area contributed by atoms with Crippen LogP contribution in [-0.4, -0.2) is 23.0 Å². The average Bonchev–Trinajstić information content (AvgIpc) is 2.29. The molecule has 0 aliphatic rings. The van der Waals surface area contributed by atoms with Crippen LogP contribution in [0.25, 0.3) is 10.9 Å². The van der Waals surface area contributed by atoms with E-state index in [2.05, 4.69) is 35.6 Å². The van der Waals surface area contributed by atoms with E-state index in [0.717, 1.165) is 17.1 Å². The number of fused-ring (bicyclic) bond motifs is 1. The van der Waals surface area contributed by atoms with Crippen molar-refractivity contribution in [1.82, 2.24) is 4.98 Å². The number of nitrogens with one attached hydrogen (secondary N) is 1. The monoisotopic (exact) mass is 232 g/mol. The lowest BCUT2D eigenvalue weighted by Crippen LogP contribution is -2.18. The molecule has 16 heavy (non-hydrogen) atoms. The van der Waals surface area contributed by atoms with Gasteiger partial charge in [-0.25, -0.2) is 4.98 Å². The molecular weight excluding hydrogens is 216 g/mol. The fourth-order valence-corrected chi connectivity index (χ4v) is 2.27. The van der Waals surface area contributed by atoms with E-state index in [1.54, 1.807) is 0 Å². The number of anilines is 1. The number of hydrogen-bond acceptors (Lipinski definition) is 3. The van der Waals surface area contributed by atoms with E-state index in [-0.39, 0.29) is 0 Å². The molecule has 1 aromatic heterocycles. The molecule has 0 aliphatic carbocycles. The second kappa shape index (κ2) is 5.21. The molecule has 0 bridgehead atoms. The first-order chi connectivity index (χ1) is 7.79. The van der Waals surface area contributed by atoms with E-state index in [1.807, 2.05) is 36.0 Å². The Morgan fingerprint density at radius 1 is 1.25 bits per heavy atom. The summed E-state index contributed by atoms with van der Waals surface area (Å²) in [4.78, 5) is 4.58. The Balaban J connectivity index is 2.19. The fourth-order valence-electron chi connectivity index (χ4n) is 1.69. The van der Waals surface area contributed by atoms with Gasteiger partial charge in [-0.15, -0.1) is 0 Å². The maximum Gasteiger partial charge on any atom is 0.126 e. The van der Waals surface area contributed by atoms with Crippen LogP contribution in [0.15, 0.2) is 36.4 Å². The van der Waals surface area contributed by atoms with Gasteiger partial charge >= 0.3 is 0 Å².